The van der Waals surface area contributed by atoms with E-state index in [0.29, 0.717) is 19.3 Å². The highest BCUT2D eigenvalue weighted by Gasteiger charge is 2.46. The summed E-state index contributed by atoms with van der Waals surface area (Å²) in [5.41, 5.74) is -0.764. The first-order chi connectivity index (χ1) is 6.32. The van der Waals surface area contributed by atoms with E-state index in [0.717, 1.165) is 19.4 Å². The standard InChI is InChI=1S/C9H14N2O2/c10-5-9(6-12)7-13-4-8-2-1-3-11(8)9/h8,12H,1-4,6-7H2. The smallest absolute Gasteiger partial charge is 0.156 e. The molecule has 13 heavy (non-hydrogen) atoms. The van der Waals surface area contributed by atoms with Crippen molar-refractivity contribution >= 4 is 0 Å². The number of nitriles is 1. The van der Waals surface area contributed by atoms with Crippen LogP contribution in [0.2, 0.25) is 0 Å². The van der Waals surface area contributed by atoms with Crippen LogP contribution in [0.3, 0.4) is 0 Å². The molecule has 0 aromatic carbocycles. The molecule has 2 aliphatic heterocycles. The topological polar surface area (TPSA) is 56.5 Å². The first kappa shape index (κ1) is 8.95. The van der Waals surface area contributed by atoms with Gasteiger partial charge in [0.15, 0.2) is 5.54 Å². The van der Waals surface area contributed by atoms with E-state index in [1.165, 1.54) is 0 Å². The minimum atomic E-state index is -0.764. The summed E-state index contributed by atoms with van der Waals surface area (Å²) in [7, 11) is 0. The van der Waals surface area contributed by atoms with Crippen LogP contribution >= 0.6 is 0 Å². The van der Waals surface area contributed by atoms with Crippen LogP contribution in [-0.4, -0.2) is 48.0 Å². The lowest BCUT2D eigenvalue weighted by Crippen LogP contribution is -2.60. The quantitative estimate of drug-likeness (QED) is 0.607. The molecule has 0 saturated carbocycles. The number of aliphatic hydroxyl groups is 1. The van der Waals surface area contributed by atoms with Gasteiger partial charge in [-0.15, -0.1) is 0 Å². The Bertz CT molecular complexity index is 238. The summed E-state index contributed by atoms with van der Waals surface area (Å²) in [4.78, 5) is 2.11. The van der Waals surface area contributed by atoms with Crippen molar-refractivity contribution in [3.8, 4) is 6.07 Å². The van der Waals surface area contributed by atoms with E-state index in [-0.39, 0.29) is 6.61 Å². The Labute approximate surface area is 77.7 Å². The fourth-order valence-electron chi connectivity index (χ4n) is 2.29. The predicted octanol–water partition coefficient (Wildman–Crippen LogP) is -0.264. The van der Waals surface area contributed by atoms with Crippen LogP contribution in [-0.2, 0) is 4.74 Å². The zero-order valence-electron chi connectivity index (χ0n) is 7.57. The molecule has 72 valence electrons. The van der Waals surface area contributed by atoms with E-state index in [2.05, 4.69) is 11.0 Å². The maximum absolute atomic E-state index is 9.24. The highest BCUT2D eigenvalue weighted by molar-refractivity contribution is 5.13. The Morgan fingerprint density at radius 1 is 1.69 bits per heavy atom. The SMILES string of the molecule is N#CC1(CO)COCC2CCCN21. The van der Waals surface area contributed by atoms with Gasteiger partial charge >= 0.3 is 0 Å². The second-order valence-electron chi connectivity index (χ2n) is 3.81. The van der Waals surface area contributed by atoms with Gasteiger partial charge in [0, 0.05) is 12.6 Å². The van der Waals surface area contributed by atoms with Gasteiger partial charge in [0.1, 0.15) is 0 Å². The molecular formula is C9H14N2O2. The molecule has 2 aliphatic rings. The third-order valence-electron chi connectivity index (χ3n) is 3.05. The first-order valence-electron chi connectivity index (χ1n) is 4.69. The lowest BCUT2D eigenvalue weighted by Gasteiger charge is -2.42. The normalized spacial score (nSPS) is 39.8. The number of rotatable bonds is 1. The van der Waals surface area contributed by atoms with Crippen LogP contribution in [0.4, 0.5) is 0 Å². The highest BCUT2D eigenvalue weighted by Crippen LogP contribution is 2.30. The lowest BCUT2D eigenvalue weighted by molar-refractivity contribution is -0.0809. The predicted molar refractivity (Wildman–Crippen MR) is 46.0 cm³/mol. The molecule has 0 aromatic heterocycles. The van der Waals surface area contributed by atoms with Crippen molar-refractivity contribution in [2.75, 3.05) is 26.4 Å². The van der Waals surface area contributed by atoms with E-state index >= 15 is 0 Å². The number of hydrogen-bond donors (Lipinski definition) is 1. The molecule has 4 heteroatoms. The van der Waals surface area contributed by atoms with E-state index in [1.807, 2.05) is 0 Å². The lowest BCUT2D eigenvalue weighted by atomic mass is 9.98. The summed E-state index contributed by atoms with van der Waals surface area (Å²) in [6.45, 7) is 1.85. The van der Waals surface area contributed by atoms with Gasteiger partial charge in [-0.3, -0.25) is 4.90 Å². The molecule has 4 nitrogen and oxygen atoms in total. The Morgan fingerprint density at radius 2 is 2.54 bits per heavy atom. The number of fused-ring (bicyclic) bond motifs is 1. The maximum atomic E-state index is 9.24. The average molecular weight is 182 g/mol. The molecule has 2 fully saturated rings. The third-order valence-corrected chi connectivity index (χ3v) is 3.05. The van der Waals surface area contributed by atoms with Gasteiger partial charge in [0.05, 0.1) is 25.9 Å². The van der Waals surface area contributed by atoms with E-state index in [1.54, 1.807) is 0 Å². The van der Waals surface area contributed by atoms with Crippen LogP contribution in [0, 0.1) is 11.3 Å². The summed E-state index contributed by atoms with van der Waals surface area (Å²) in [5, 5.41) is 18.3. The molecule has 0 aromatic rings. The summed E-state index contributed by atoms with van der Waals surface area (Å²) in [6.07, 6.45) is 2.20. The van der Waals surface area contributed by atoms with Crippen molar-refractivity contribution in [1.29, 1.82) is 5.26 Å². The van der Waals surface area contributed by atoms with Crippen molar-refractivity contribution in [3.05, 3.63) is 0 Å². The van der Waals surface area contributed by atoms with Gasteiger partial charge in [0.2, 0.25) is 0 Å². The highest BCUT2D eigenvalue weighted by atomic mass is 16.5. The average Bonchev–Trinajstić information content (AvgIpc) is 2.65. The largest absolute Gasteiger partial charge is 0.393 e. The molecule has 0 radical (unpaired) electrons. The number of nitrogens with zero attached hydrogens (tertiary/aromatic N) is 2. The summed E-state index contributed by atoms with van der Waals surface area (Å²) in [5.74, 6) is 0. The Balaban J connectivity index is 2.22. The van der Waals surface area contributed by atoms with Crippen molar-refractivity contribution in [1.82, 2.24) is 4.90 Å². The number of ether oxygens (including phenoxy) is 1. The van der Waals surface area contributed by atoms with Gasteiger partial charge in [0.25, 0.3) is 0 Å². The van der Waals surface area contributed by atoms with Gasteiger partial charge in [-0.1, -0.05) is 0 Å². The Hall–Kier alpha value is -0.630. The number of morpholine rings is 1. The van der Waals surface area contributed by atoms with Crippen molar-refractivity contribution in [3.63, 3.8) is 0 Å². The molecule has 0 amide bonds. The molecular weight excluding hydrogens is 168 g/mol. The molecule has 2 unspecified atom stereocenters. The second kappa shape index (κ2) is 3.26. The molecule has 2 rings (SSSR count). The van der Waals surface area contributed by atoms with Gasteiger partial charge in [-0.25, -0.2) is 0 Å². The zero-order chi connectivity index (χ0) is 9.31. The molecule has 2 saturated heterocycles. The summed E-state index contributed by atoms with van der Waals surface area (Å²) >= 11 is 0. The molecule has 2 heterocycles. The monoisotopic (exact) mass is 182 g/mol. The minimum absolute atomic E-state index is 0.125. The van der Waals surface area contributed by atoms with Crippen LogP contribution in [0.1, 0.15) is 12.8 Å². The zero-order valence-corrected chi connectivity index (χ0v) is 7.57. The summed E-state index contributed by atoms with van der Waals surface area (Å²) < 4.78 is 5.36. The van der Waals surface area contributed by atoms with Crippen molar-refractivity contribution in [2.45, 2.75) is 24.4 Å². The van der Waals surface area contributed by atoms with Gasteiger partial charge in [-0.05, 0) is 12.8 Å². The Morgan fingerprint density at radius 3 is 3.23 bits per heavy atom. The van der Waals surface area contributed by atoms with E-state index in [9.17, 15) is 5.11 Å². The fourth-order valence-corrected chi connectivity index (χ4v) is 2.29. The van der Waals surface area contributed by atoms with Crippen LogP contribution < -0.4 is 0 Å². The summed E-state index contributed by atoms with van der Waals surface area (Å²) in [6, 6.07) is 2.54. The fraction of sp³-hybridized carbons (Fsp3) is 0.889. The maximum Gasteiger partial charge on any atom is 0.156 e. The van der Waals surface area contributed by atoms with Gasteiger partial charge < -0.3 is 9.84 Å². The molecule has 2 atom stereocenters. The number of aliphatic hydroxyl groups excluding tert-OH is 1. The van der Waals surface area contributed by atoms with Crippen molar-refractivity contribution < 1.29 is 9.84 Å². The second-order valence-corrected chi connectivity index (χ2v) is 3.81. The van der Waals surface area contributed by atoms with Crippen LogP contribution in [0.15, 0.2) is 0 Å². The van der Waals surface area contributed by atoms with Crippen LogP contribution in [0.5, 0.6) is 0 Å². The molecule has 0 aliphatic carbocycles. The van der Waals surface area contributed by atoms with Crippen LogP contribution in [0.25, 0.3) is 0 Å². The van der Waals surface area contributed by atoms with E-state index in [4.69, 9.17) is 10.00 Å². The molecule has 0 spiro atoms. The van der Waals surface area contributed by atoms with Gasteiger partial charge in [-0.2, -0.15) is 5.26 Å². The minimum Gasteiger partial charge on any atom is -0.393 e. The van der Waals surface area contributed by atoms with E-state index < -0.39 is 5.54 Å². The number of hydrogen-bond acceptors (Lipinski definition) is 4. The Kier molecular flexibility index (Phi) is 2.24. The first-order valence-corrected chi connectivity index (χ1v) is 4.69. The van der Waals surface area contributed by atoms with Crippen molar-refractivity contribution in [2.24, 2.45) is 0 Å². The molecule has 0 bridgehead atoms. The third kappa shape index (κ3) is 1.24. The molecule has 1 N–H and O–H groups in total.